The molecule has 1 aliphatic rings. The summed E-state index contributed by atoms with van der Waals surface area (Å²) in [4.78, 5) is 43.5. The van der Waals surface area contributed by atoms with Crippen molar-refractivity contribution in [1.82, 2.24) is 10.6 Å². The Labute approximate surface area is 316 Å². The Morgan fingerprint density at radius 3 is 2.30 bits per heavy atom. The molecular weight excluding hydrogens is 742 g/mol. The molecule has 0 aliphatic carbocycles. The largest absolute Gasteiger partial charge is 0.508 e. The molecule has 2 amide bonds. The molecule has 16 heteroatoms. The number of para-hydroxylation sites is 1. The number of aromatic hydroxyl groups is 1. The number of benzene rings is 3. The van der Waals surface area contributed by atoms with E-state index in [0.29, 0.717) is 22.7 Å². The van der Waals surface area contributed by atoms with Gasteiger partial charge in [-0.05, 0) is 55.0 Å². The zero-order valence-corrected chi connectivity index (χ0v) is 33.1. The fourth-order valence-electron chi connectivity index (χ4n) is 6.47. The molecule has 4 N–H and O–H groups in total. The average molecular weight is 792 g/mol. The Balaban J connectivity index is 1.63. The fraction of sp³-hybridized carbons (Fsp3) is 0.459. The Morgan fingerprint density at radius 2 is 1.70 bits per heavy atom. The van der Waals surface area contributed by atoms with Crippen molar-refractivity contribution in [3.05, 3.63) is 72.3 Å². The molecule has 3 aromatic rings. The molecule has 0 aromatic heterocycles. The SMILES string of the molecule is CCCCC1(CCCC)CN(c2ccccc2)c2cc(SC)c(OCC(=O)N[C@@H](C(=O)NCCP(=O)(O)OOC)c3ccc(O)cc3)cc2S(=O)(=O)C1. The van der Waals surface area contributed by atoms with E-state index < -0.39 is 53.5 Å². The van der Waals surface area contributed by atoms with Crippen molar-refractivity contribution in [1.29, 1.82) is 0 Å². The number of fused-ring (bicyclic) bond motifs is 1. The number of ether oxygens (including phenoxy) is 1. The van der Waals surface area contributed by atoms with E-state index in [4.69, 9.17) is 4.74 Å². The minimum Gasteiger partial charge on any atom is -0.508 e. The molecule has 1 heterocycles. The highest BCUT2D eigenvalue weighted by atomic mass is 32.2. The van der Waals surface area contributed by atoms with Gasteiger partial charge in [0.25, 0.3) is 5.91 Å². The number of carbonyl (C=O) groups excluding carboxylic acids is 2. The van der Waals surface area contributed by atoms with Crippen molar-refractivity contribution in [3.63, 3.8) is 0 Å². The maximum absolute atomic E-state index is 14.4. The van der Waals surface area contributed by atoms with E-state index >= 15 is 0 Å². The molecular formula is C37H50N3O10PS2. The lowest BCUT2D eigenvalue weighted by molar-refractivity contribution is -0.184. The molecule has 13 nitrogen and oxygen atoms in total. The first-order valence-corrected chi connectivity index (χ1v) is 22.2. The van der Waals surface area contributed by atoms with Crippen molar-refractivity contribution in [2.24, 2.45) is 5.41 Å². The summed E-state index contributed by atoms with van der Waals surface area (Å²) in [6.07, 6.45) is 6.65. The van der Waals surface area contributed by atoms with Crippen LogP contribution in [0, 0.1) is 5.41 Å². The quantitative estimate of drug-likeness (QED) is 0.0447. The first-order valence-electron chi connectivity index (χ1n) is 17.6. The van der Waals surface area contributed by atoms with E-state index in [1.807, 2.05) is 42.7 Å². The Bertz CT molecular complexity index is 1840. The predicted octanol–water partition coefficient (Wildman–Crippen LogP) is 6.52. The Hall–Kier alpha value is -3.59. The van der Waals surface area contributed by atoms with E-state index in [1.165, 1.54) is 42.1 Å². The van der Waals surface area contributed by atoms with Crippen LogP contribution in [-0.2, 0) is 33.6 Å². The number of anilines is 2. The number of hydrogen-bond donors (Lipinski definition) is 4. The highest BCUT2D eigenvalue weighted by Gasteiger charge is 2.42. The van der Waals surface area contributed by atoms with Crippen LogP contribution in [0.4, 0.5) is 11.4 Å². The van der Waals surface area contributed by atoms with Crippen LogP contribution < -0.4 is 20.3 Å². The summed E-state index contributed by atoms with van der Waals surface area (Å²) < 4.78 is 51.2. The molecule has 1 unspecified atom stereocenters. The predicted molar refractivity (Wildman–Crippen MR) is 205 cm³/mol. The van der Waals surface area contributed by atoms with Crippen LogP contribution in [0.25, 0.3) is 0 Å². The number of nitrogens with one attached hydrogen (secondary N) is 2. The van der Waals surface area contributed by atoms with Gasteiger partial charge in [0.15, 0.2) is 16.4 Å². The lowest BCUT2D eigenvalue weighted by Gasteiger charge is -2.37. The van der Waals surface area contributed by atoms with E-state index in [0.717, 1.165) is 51.3 Å². The van der Waals surface area contributed by atoms with Crippen LogP contribution in [0.5, 0.6) is 11.5 Å². The van der Waals surface area contributed by atoms with Crippen molar-refractivity contribution in [2.75, 3.05) is 49.9 Å². The second-order valence-corrected chi connectivity index (χ2v) is 17.8. The summed E-state index contributed by atoms with van der Waals surface area (Å²) in [5, 5.41) is 14.9. The monoisotopic (exact) mass is 791 g/mol. The Kier molecular flexibility index (Phi) is 15.2. The molecule has 0 fully saturated rings. The summed E-state index contributed by atoms with van der Waals surface area (Å²) in [6.45, 7) is 3.94. The molecule has 0 radical (unpaired) electrons. The molecule has 53 heavy (non-hydrogen) atoms. The highest BCUT2D eigenvalue weighted by molar-refractivity contribution is 7.98. The molecule has 4 rings (SSSR count). The topological polar surface area (TPSA) is 181 Å². The molecule has 0 saturated heterocycles. The van der Waals surface area contributed by atoms with E-state index in [1.54, 1.807) is 0 Å². The highest BCUT2D eigenvalue weighted by Crippen LogP contribution is 2.48. The van der Waals surface area contributed by atoms with E-state index in [2.05, 4.69) is 38.9 Å². The van der Waals surface area contributed by atoms with Crippen molar-refractivity contribution >= 4 is 52.4 Å². The lowest BCUT2D eigenvalue weighted by atomic mass is 9.79. The van der Waals surface area contributed by atoms with Gasteiger partial charge >= 0.3 is 7.60 Å². The summed E-state index contributed by atoms with van der Waals surface area (Å²) in [6, 6.07) is 17.4. The molecule has 290 valence electrons. The van der Waals surface area contributed by atoms with E-state index in [-0.39, 0.29) is 28.7 Å². The number of carbonyl (C=O) groups is 2. The van der Waals surface area contributed by atoms with Gasteiger partial charge < -0.3 is 30.3 Å². The van der Waals surface area contributed by atoms with Gasteiger partial charge in [-0.1, -0.05) is 69.9 Å². The lowest BCUT2D eigenvalue weighted by Crippen LogP contribution is -2.42. The number of thioether (sulfide) groups is 1. The number of rotatable bonds is 19. The second kappa shape index (κ2) is 19.1. The third-order valence-corrected chi connectivity index (χ3v) is 13.0. The first kappa shape index (κ1) is 42.2. The number of sulfone groups is 1. The average Bonchev–Trinajstić information content (AvgIpc) is 3.22. The van der Waals surface area contributed by atoms with Gasteiger partial charge in [0.1, 0.15) is 17.5 Å². The molecule has 0 bridgehead atoms. The molecule has 3 aromatic carbocycles. The number of amides is 2. The van der Waals surface area contributed by atoms with Crippen LogP contribution in [0.1, 0.15) is 64.0 Å². The minimum atomic E-state index is -4.12. The van der Waals surface area contributed by atoms with Crippen LogP contribution in [0.15, 0.2) is 76.5 Å². The molecule has 2 atom stereocenters. The third-order valence-electron chi connectivity index (χ3n) is 9.09. The van der Waals surface area contributed by atoms with Crippen LogP contribution in [0.3, 0.4) is 0 Å². The fourth-order valence-corrected chi connectivity index (χ4v) is 9.83. The van der Waals surface area contributed by atoms with Crippen LogP contribution >= 0.6 is 19.4 Å². The molecule has 0 spiro atoms. The van der Waals surface area contributed by atoms with Crippen molar-refractivity contribution in [3.8, 4) is 11.5 Å². The van der Waals surface area contributed by atoms with Gasteiger partial charge in [0.2, 0.25) is 5.91 Å². The number of hydrogen-bond acceptors (Lipinski definition) is 11. The number of phenolic OH excluding ortho intramolecular Hbond substituents is 1. The zero-order chi connectivity index (χ0) is 38.6. The standard InChI is InChI=1S/C37H50N3O10PS2/c1-5-7-18-37(19-8-6-2)25-40(28-12-10-9-11-13-28)30-22-32(52-4)31(23-33(30)53(46,47)26-37)49-24-34(42)39-35(27-14-16-29(41)17-15-27)36(43)38-20-21-51(44,45)50-48-3/h9-17,22-23,35,41H,5-8,18-21,24-26H2,1-4H3,(H,38,43)(H,39,42)(H,44,45)/t35-/m1/s1. The smallest absolute Gasteiger partial charge is 0.357 e. The normalized spacial score (nSPS) is 16.4. The van der Waals surface area contributed by atoms with Gasteiger partial charge in [-0.15, -0.1) is 16.4 Å². The van der Waals surface area contributed by atoms with Gasteiger partial charge in [-0.25, -0.2) is 13.3 Å². The zero-order valence-electron chi connectivity index (χ0n) is 30.6. The maximum atomic E-state index is 14.4. The van der Waals surface area contributed by atoms with E-state index in [9.17, 15) is 32.6 Å². The van der Waals surface area contributed by atoms with Gasteiger partial charge in [0.05, 0.1) is 34.5 Å². The maximum Gasteiger partial charge on any atom is 0.357 e. The molecule has 1 aliphatic heterocycles. The summed E-state index contributed by atoms with van der Waals surface area (Å²) in [7, 11) is -6.87. The van der Waals surface area contributed by atoms with Crippen LogP contribution in [0.2, 0.25) is 0 Å². The summed E-state index contributed by atoms with van der Waals surface area (Å²) in [5.74, 6) is -1.25. The van der Waals surface area contributed by atoms with Gasteiger partial charge in [-0.2, -0.15) is 0 Å². The summed E-state index contributed by atoms with van der Waals surface area (Å²) >= 11 is 1.35. The second-order valence-electron chi connectivity index (χ2n) is 13.1. The number of unbranched alkanes of at least 4 members (excludes halogenated alkanes) is 2. The van der Waals surface area contributed by atoms with Gasteiger partial charge in [0, 0.05) is 30.3 Å². The third kappa shape index (κ3) is 11.5. The van der Waals surface area contributed by atoms with Crippen molar-refractivity contribution < 1.29 is 46.9 Å². The first-order chi connectivity index (χ1) is 25.3. The molecule has 0 saturated carbocycles. The Morgan fingerprint density at radius 1 is 1.04 bits per heavy atom. The van der Waals surface area contributed by atoms with Crippen LogP contribution in [-0.4, -0.2) is 75.2 Å². The van der Waals surface area contributed by atoms with Crippen molar-refractivity contribution in [2.45, 2.75) is 68.2 Å². The van der Waals surface area contributed by atoms with Gasteiger partial charge in [-0.3, -0.25) is 14.2 Å². The number of phenols is 1. The number of nitrogens with zero attached hydrogens (tertiary/aromatic N) is 1. The minimum absolute atomic E-state index is 0.0123. The summed E-state index contributed by atoms with van der Waals surface area (Å²) in [5.41, 5.74) is 1.29.